The number of nitrogens with one attached hydrogen (secondary N) is 1. The second-order valence-corrected chi connectivity index (χ2v) is 7.05. The van der Waals surface area contributed by atoms with Gasteiger partial charge in [-0.2, -0.15) is 0 Å². The van der Waals surface area contributed by atoms with Gasteiger partial charge in [0, 0.05) is 22.8 Å². The van der Waals surface area contributed by atoms with Crippen molar-refractivity contribution in [3.63, 3.8) is 0 Å². The summed E-state index contributed by atoms with van der Waals surface area (Å²) in [6, 6.07) is 8.03. The molecule has 0 unspecified atom stereocenters. The van der Waals surface area contributed by atoms with E-state index in [0.717, 1.165) is 22.4 Å². The van der Waals surface area contributed by atoms with Gasteiger partial charge in [-0.15, -0.1) is 11.3 Å². The number of thiophene rings is 1. The first kappa shape index (κ1) is 18.7. The molecular weight excluding hydrogens is 362 g/mol. The first-order valence-corrected chi connectivity index (χ1v) is 9.25. The number of aryl methyl sites for hydroxylation is 2. The maximum absolute atomic E-state index is 12.5. The number of nitrogens with zero attached hydrogens (tertiary/aromatic N) is 2. The molecule has 0 aliphatic carbocycles. The van der Waals surface area contributed by atoms with Crippen LogP contribution in [0.2, 0.25) is 0 Å². The number of carbonyl (C=O) groups excluding carboxylic acids is 2. The van der Waals surface area contributed by atoms with Crippen LogP contribution in [0.15, 0.2) is 42.9 Å². The number of benzene rings is 1. The van der Waals surface area contributed by atoms with Crippen LogP contribution in [0, 0.1) is 6.92 Å². The lowest BCUT2D eigenvalue weighted by atomic mass is 9.99. The van der Waals surface area contributed by atoms with Crippen molar-refractivity contribution in [2.45, 2.75) is 20.3 Å². The molecule has 7 heteroatoms. The van der Waals surface area contributed by atoms with Crippen LogP contribution in [0.3, 0.4) is 0 Å². The summed E-state index contributed by atoms with van der Waals surface area (Å²) in [7, 11) is 1.33. The fourth-order valence-corrected chi connectivity index (χ4v) is 3.83. The molecule has 138 valence electrons. The van der Waals surface area contributed by atoms with Crippen molar-refractivity contribution < 1.29 is 14.3 Å². The molecule has 0 atom stereocenters. The zero-order valence-electron chi connectivity index (χ0n) is 15.3. The van der Waals surface area contributed by atoms with Gasteiger partial charge in [0.2, 0.25) is 0 Å². The smallest absolute Gasteiger partial charge is 0.341 e. The topological polar surface area (TPSA) is 81.2 Å². The molecule has 0 saturated heterocycles. The van der Waals surface area contributed by atoms with E-state index in [1.807, 2.05) is 31.2 Å². The van der Waals surface area contributed by atoms with Crippen LogP contribution in [0.1, 0.15) is 38.2 Å². The Morgan fingerprint density at radius 3 is 2.52 bits per heavy atom. The number of methoxy groups -OCH3 is 1. The molecule has 0 aliphatic rings. The minimum Gasteiger partial charge on any atom is -0.465 e. The molecule has 2 aromatic heterocycles. The first-order chi connectivity index (χ1) is 13.0. The van der Waals surface area contributed by atoms with E-state index in [9.17, 15) is 9.59 Å². The van der Waals surface area contributed by atoms with Gasteiger partial charge < -0.3 is 10.1 Å². The Kier molecular flexibility index (Phi) is 5.61. The van der Waals surface area contributed by atoms with Gasteiger partial charge in [-0.05, 0) is 24.5 Å². The molecule has 1 N–H and O–H groups in total. The van der Waals surface area contributed by atoms with Crippen LogP contribution in [0.25, 0.3) is 11.1 Å². The summed E-state index contributed by atoms with van der Waals surface area (Å²) in [6.07, 6.45) is 5.24. The zero-order valence-corrected chi connectivity index (χ0v) is 16.1. The number of hydrogen-bond acceptors (Lipinski definition) is 6. The SMILES string of the molecule is CCc1ccc(-c2c(C)sc(NC(=O)c3cnccn3)c2C(=O)OC)cc1. The van der Waals surface area contributed by atoms with Crippen molar-refractivity contribution in [1.29, 1.82) is 0 Å². The van der Waals surface area contributed by atoms with Crippen molar-refractivity contribution >= 4 is 28.2 Å². The highest BCUT2D eigenvalue weighted by atomic mass is 32.1. The lowest BCUT2D eigenvalue weighted by molar-refractivity contribution is 0.0603. The van der Waals surface area contributed by atoms with Gasteiger partial charge >= 0.3 is 5.97 Å². The van der Waals surface area contributed by atoms with E-state index >= 15 is 0 Å². The van der Waals surface area contributed by atoms with Crippen molar-refractivity contribution in [3.05, 3.63) is 64.6 Å². The number of rotatable bonds is 5. The number of amides is 1. The third kappa shape index (κ3) is 3.88. The molecule has 27 heavy (non-hydrogen) atoms. The van der Waals surface area contributed by atoms with Gasteiger partial charge in [-0.3, -0.25) is 9.78 Å². The van der Waals surface area contributed by atoms with E-state index in [1.54, 1.807) is 0 Å². The van der Waals surface area contributed by atoms with Gasteiger partial charge in [0.05, 0.1) is 13.3 Å². The molecule has 0 radical (unpaired) electrons. The molecule has 6 nitrogen and oxygen atoms in total. The summed E-state index contributed by atoms with van der Waals surface area (Å²) in [4.78, 5) is 33.7. The standard InChI is InChI=1S/C20H19N3O3S/c1-4-13-5-7-14(8-6-13)16-12(2)27-19(17(16)20(25)26-3)23-18(24)15-11-21-9-10-22-15/h5-11H,4H2,1-3H3,(H,23,24). The Balaban J connectivity index is 2.04. The van der Waals surface area contributed by atoms with E-state index in [-0.39, 0.29) is 5.69 Å². The number of aromatic nitrogens is 2. The predicted octanol–water partition coefficient (Wildman–Crippen LogP) is 4.11. The van der Waals surface area contributed by atoms with Crippen molar-refractivity contribution in [2.75, 3.05) is 12.4 Å². The summed E-state index contributed by atoms with van der Waals surface area (Å²) in [5.41, 5.74) is 3.41. The van der Waals surface area contributed by atoms with Crippen LogP contribution in [0.4, 0.5) is 5.00 Å². The molecule has 3 aromatic rings. The third-order valence-corrected chi connectivity index (χ3v) is 5.17. The van der Waals surface area contributed by atoms with Crippen LogP contribution >= 0.6 is 11.3 Å². The Labute approximate surface area is 161 Å². The quantitative estimate of drug-likeness (QED) is 0.673. The largest absolute Gasteiger partial charge is 0.465 e. The average Bonchev–Trinajstić information content (AvgIpc) is 3.03. The second-order valence-electron chi connectivity index (χ2n) is 5.82. The molecule has 1 aromatic carbocycles. The molecule has 0 aliphatic heterocycles. The Morgan fingerprint density at radius 2 is 1.93 bits per heavy atom. The number of anilines is 1. The van der Waals surface area contributed by atoms with E-state index in [1.165, 1.54) is 42.6 Å². The van der Waals surface area contributed by atoms with Crippen LogP contribution in [0.5, 0.6) is 0 Å². The summed E-state index contributed by atoms with van der Waals surface area (Å²) in [5, 5.41) is 3.21. The Hall–Kier alpha value is -3.06. The van der Waals surface area contributed by atoms with Gasteiger partial charge in [0.25, 0.3) is 5.91 Å². The van der Waals surface area contributed by atoms with Crippen LogP contribution in [-0.2, 0) is 11.2 Å². The van der Waals surface area contributed by atoms with Gasteiger partial charge in [0.1, 0.15) is 16.3 Å². The molecule has 0 fully saturated rings. The lowest BCUT2D eigenvalue weighted by Gasteiger charge is -2.08. The highest BCUT2D eigenvalue weighted by Gasteiger charge is 2.25. The van der Waals surface area contributed by atoms with Crippen molar-refractivity contribution in [1.82, 2.24) is 9.97 Å². The Bertz CT molecular complexity index is 966. The molecule has 2 heterocycles. The first-order valence-electron chi connectivity index (χ1n) is 8.43. The van der Waals surface area contributed by atoms with Gasteiger partial charge in [-0.1, -0.05) is 31.2 Å². The maximum atomic E-state index is 12.5. The molecule has 0 bridgehead atoms. The van der Waals surface area contributed by atoms with Gasteiger partial charge in [0.15, 0.2) is 0 Å². The lowest BCUT2D eigenvalue weighted by Crippen LogP contribution is -2.15. The fraction of sp³-hybridized carbons (Fsp3) is 0.200. The molecule has 0 spiro atoms. The maximum Gasteiger partial charge on any atom is 0.341 e. The normalized spacial score (nSPS) is 10.5. The fourth-order valence-electron chi connectivity index (χ4n) is 2.77. The minimum atomic E-state index is -0.497. The van der Waals surface area contributed by atoms with E-state index in [0.29, 0.717) is 10.6 Å². The molecule has 0 saturated carbocycles. The number of hydrogen-bond donors (Lipinski definition) is 1. The van der Waals surface area contributed by atoms with Gasteiger partial charge in [-0.25, -0.2) is 9.78 Å². The van der Waals surface area contributed by atoms with Crippen molar-refractivity contribution in [3.8, 4) is 11.1 Å². The molecule has 3 rings (SSSR count). The summed E-state index contributed by atoms with van der Waals surface area (Å²) < 4.78 is 4.97. The number of esters is 1. The average molecular weight is 381 g/mol. The number of ether oxygens (including phenoxy) is 1. The van der Waals surface area contributed by atoms with E-state index in [4.69, 9.17) is 4.74 Å². The Morgan fingerprint density at radius 1 is 1.19 bits per heavy atom. The predicted molar refractivity (Wildman–Crippen MR) is 105 cm³/mol. The summed E-state index contributed by atoms with van der Waals surface area (Å²) in [5.74, 6) is -0.925. The van der Waals surface area contributed by atoms with E-state index in [2.05, 4.69) is 22.2 Å². The number of carbonyl (C=O) groups is 2. The van der Waals surface area contributed by atoms with Crippen LogP contribution < -0.4 is 5.32 Å². The monoisotopic (exact) mass is 381 g/mol. The highest BCUT2D eigenvalue weighted by Crippen LogP contribution is 2.40. The highest BCUT2D eigenvalue weighted by molar-refractivity contribution is 7.17. The third-order valence-electron chi connectivity index (χ3n) is 4.15. The summed E-state index contributed by atoms with van der Waals surface area (Å²) >= 11 is 1.33. The van der Waals surface area contributed by atoms with E-state index < -0.39 is 11.9 Å². The molecule has 1 amide bonds. The van der Waals surface area contributed by atoms with Crippen molar-refractivity contribution in [2.24, 2.45) is 0 Å². The minimum absolute atomic E-state index is 0.174. The zero-order chi connectivity index (χ0) is 19.4. The molecular formula is C20H19N3O3S. The summed E-state index contributed by atoms with van der Waals surface area (Å²) in [6.45, 7) is 4.00. The van der Waals surface area contributed by atoms with Crippen LogP contribution in [-0.4, -0.2) is 29.0 Å². The second kappa shape index (κ2) is 8.09.